The lowest BCUT2D eigenvalue weighted by Crippen LogP contribution is -2.67. The van der Waals surface area contributed by atoms with Crippen LogP contribution in [0.4, 0.5) is 4.79 Å². The Morgan fingerprint density at radius 3 is 1.96 bits per heavy atom. The Hall–Kier alpha value is -3.24. The molecule has 3 aromatic carbocycles. The van der Waals surface area contributed by atoms with E-state index in [-0.39, 0.29) is 45.7 Å². The number of halogens is 2. The molecule has 0 unspecified atom stereocenters. The maximum absolute atomic E-state index is 13.6. The van der Waals surface area contributed by atoms with Gasteiger partial charge in [-0.25, -0.2) is 9.59 Å². The van der Waals surface area contributed by atoms with Gasteiger partial charge in [-0.05, 0) is 55.1 Å². The fourth-order valence-electron chi connectivity index (χ4n) is 5.98. The monoisotopic (exact) mass is 687 g/mol. The van der Waals surface area contributed by atoms with Crippen LogP contribution in [-0.2, 0) is 13.9 Å². The Balaban J connectivity index is 1.75. The van der Waals surface area contributed by atoms with Crippen LogP contribution in [0.15, 0.2) is 60.7 Å². The van der Waals surface area contributed by atoms with E-state index in [4.69, 9.17) is 41.8 Å². The molecule has 1 aliphatic rings. The molecule has 1 fully saturated rings. The number of hydrogen-bond donors (Lipinski definition) is 1. The number of aromatic hydroxyl groups is 1. The molecule has 248 valence electrons. The van der Waals surface area contributed by atoms with E-state index in [0.29, 0.717) is 12.0 Å². The second kappa shape index (κ2) is 13.9. The second-order valence-corrected chi connectivity index (χ2v) is 18.5. The molecule has 1 N–H and O–H groups in total. The van der Waals surface area contributed by atoms with Crippen molar-refractivity contribution in [1.29, 1.82) is 0 Å². The average molecular weight is 689 g/mol. The van der Waals surface area contributed by atoms with Crippen LogP contribution in [0, 0.1) is 6.92 Å². The maximum Gasteiger partial charge on any atom is 0.410 e. The summed E-state index contributed by atoms with van der Waals surface area (Å²) in [5.74, 6) is -1.43. The average Bonchev–Trinajstić information content (AvgIpc) is 3.41. The first-order chi connectivity index (χ1) is 21.5. The van der Waals surface area contributed by atoms with Gasteiger partial charge in [0, 0.05) is 6.54 Å². The van der Waals surface area contributed by atoms with Crippen molar-refractivity contribution in [1.82, 2.24) is 4.90 Å². The number of rotatable bonds is 8. The molecule has 1 amide bonds. The van der Waals surface area contributed by atoms with Crippen molar-refractivity contribution in [2.75, 3.05) is 20.3 Å². The summed E-state index contributed by atoms with van der Waals surface area (Å²) in [6.45, 7) is 13.8. The standard InChI is InChI=1S/C35H43Cl2NO7Si/c1-22-28(36)30(39)27(32(40)42-8)31(29(22)37)43-21-23-19-24(20-38(23)33(41)44-34(2,3)4)45-46(35(5,6)7,25-15-11-9-12-16-25)26-17-13-10-14-18-26/h9-18,23-24,39H,19-21H2,1-8H3/t23-,24-/m1/s1. The summed E-state index contributed by atoms with van der Waals surface area (Å²) in [6, 6.07) is 20.1. The van der Waals surface area contributed by atoms with Gasteiger partial charge in [0.15, 0.2) is 11.5 Å². The molecule has 4 rings (SSSR count). The highest BCUT2D eigenvalue weighted by Gasteiger charge is 2.53. The van der Waals surface area contributed by atoms with E-state index in [0.717, 1.165) is 10.4 Å². The third-order valence-electron chi connectivity index (χ3n) is 8.10. The molecule has 0 aliphatic carbocycles. The van der Waals surface area contributed by atoms with Crippen LogP contribution in [0.2, 0.25) is 15.1 Å². The number of ether oxygens (including phenoxy) is 3. The van der Waals surface area contributed by atoms with Gasteiger partial charge in [0.05, 0.1) is 29.3 Å². The molecule has 1 saturated heterocycles. The number of hydrogen-bond acceptors (Lipinski definition) is 7. The molecule has 0 bridgehead atoms. The Morgan fingerprint density at radius 2 is 1.48 bits per heavy atom. The molecule has 1 heterocycles. The highest BCUT2D eigenvalue weighted by molar-refractivity contribution is 6.99. The summed E-state index contributed by atoms with van der Waals surface area (Å²) >= 11 is 12.9. The van der Waals surface area contributed by atoms with Crippen molar-refractivity contribution in [3.8, 4) is 11.5 Å². The minimum Gasteiger partial charge on any atom is -0.505 e. The smallest absolute Gasteiger partial charge is 0.410 e. The number of methoxy groups -OCH3 is 1. The lowest BCUT2D eigenvalue weighted by atomic mass is 10.1. The largest absolute Gasteiger partial charge is 0.505 e. The van der Waals surface area contributed by atoms with E-state index in [1.165, 1.54) is 7.11 Å². The summed E-state index contributed by atoms with van der Waals surface area (Å²) in [4.78, 5) is 27.9. The third kappa shape index (κ3) is 7.17. The predicted octanol–water partition coefficient (Wildman–Crippen LogP) is 7.13. The molecule has 11 heteroatoms. The van der Waals surface area contributed by atoms with Crippen molar-refractivity contribution >= 4 is 54.0 Å². The van der Waals surface area contributed by atoms with Gasteiger partial charge in [-0.1, -0.05) is 105 Å². The van der Waals surface area contributed by atoms with E-state index in [1.54, 1.807) is 11.8 Å². The minimum absolute atomic E-state index is 0.0603. The first-order valence-electron chi connectivity index (χ1n) is 15.2. The SMILES string of the molecule is COC(=O)c1c(O)c(Cl)c(C)c(Cl)c1OC[C@H]1C[C@@H](O[Si](c2ccccc2)(c2ccccc2)C(C)(C)C)CN1C(=O)OC(C)(C)C. The molecule has 3 aromatic rings. The van der Waals surface area contributed by atoms with Gasteiger partial charge in [0.2, 0.25) is 0 Å². The van der Waals surface area contributed by atoms with Crippen molar-refractivity contribution in [2.45, 2.75) is 77.7 Å². The first-order valence-corrected chi connectivity index (χ1v) is 17.9. The van der Waals surface area contributed by atoms with Crippen LogP contribution in [-0.4, -0.2) is 68.4 Å². The molecule has 0 spiro atoms. The quantitative estimate of drug-likeness (QED) is 0.199. The van der Waals surface area contributed by atoms with E-state index in [9.17, 15) is 14.7 Å². The number of esters is 1. The summed E-state index contributed by atoms with van der Waals surface area (Å²) < 4.78 is 24.2. The third-order valence-corrected chi connectivity index (χ3v) is 14.1. The van der Waals surface area contributed by atoms with Crippen LogP contribution in [0.5, 0.6) is 11.5 Å². The van der Waals surface area contributed by atoms with E-state index >= 15 is 0 Å². The molecular weight excluding hydrogens is 645 g/mol. The van der Waals surface area contributed by atoms with Crippen LogP contribution in [0.25, 0.3) is 0 Å². The molecule has 1 aliphatic heterocycles. The summed E-state index contributed by atoms with van der Waals surface area (Å²) in [7, 11) is -1.77. The topological polar surface area (TPSA) is 94.5 Å². The Kier molecular flexibility index (Phi) is 10.7. The Bertz CT molecular complexity index is 1520. The second-order valence-electron chi connectivity index (χ2n) is 13.5. The molecule has 8 nitrogen and oxygen atoms in total. The normalized spacial score (nSPS) is 17.1. The molecule has 2 atom stereocenters. The maximum atomic E-state index is 13.6. The van der Waals surface area contributed by atoms with Crippen LogP contribution in [0.1, 0.15) is 63.9 Å². The van der Waals surface area contributed by atoms with Gasteiger partial charge < -0.3 is 23.7 Å². The van der Waals surface area contributed by atoms with Gasteiger partial charge >= 0.3 is 12.1 Å². The lowest BCUT2D eigenvalue weighted by Gasteiger charge is -2.44. The predicted molar refractivity (Wildman–Crippen MR) is 184 cm³/mol. The van der Waals surface area contributed by atoms with Gasteiger partial charge in [-0.2, -0.15) is 0 Å². The van der Waals surface area contributed by atoms with E-state index in [1.807, 2.05) is 57.2 Å². The number of likely N-dealkylation sites (tertiary alicyclic amines) is 1. The zero-order chi connectivity index (χ0) is 34.0. The zero-order valence-electron chi connectivity index (χ0n) is 27.6. The van der Waals surface area contributed by atoms with Crippen molar-refractivity contribution < 1.29 is 33.3 Å². The fourth-order valence-corrected chi connectivity index (χ4v) is 11.1. The fraction of sp³-hybridized carbons (Fsp3) is 0.429. The Morgan fingerprint density at radius 1 is 0.935 bits per heavy atom. The van der Waals surface area contributed by atoms with E-state index < -0.39 is 37.8 Å². The zero-order valence-corrected chi connectivity index (χ0v) is 30.2. The molecule has 0 aromatic heterocycles. The van der Waals surface area contributed by atoms with Crippen molar-refractivity contribution in [3.05, 3.63) is 81.8 Å². The van der Waals surface area contributed by atoms with Gasteiger partial charge in [0.25, 0.3) is 8.32 Å². The molecule has 0 saturated carbocycles. The van der Waals surface area contributed by atoms with Crippen molar-refractivity contribution in [2.24, 2.45) is 0 Å². The van der Waals surface area contributed by atoms with Crippen LogP contribution in [0.3, 0.4) is 0 Å². The number of nitrogens with zero attached hydrogens (tertiary/aromatic N) is 1. The van der Waals surface area contributed by atoms with Crippen LogP contribution < -0.4 is 15.1 Å². The molecule has 46 heavy (non-hydrogen) atoms. The number of amides is 1. The minimum atomic E-state index is -2.95. The number of phenols is 1. The molecule has 0 radical (unpaired) electrons. The highest BCUT2D eigenvalue weighted by Crippen LogP contribution is 2.45. The highest BCUT2D eigenvalue weighted by atomic mass is 35.5. The number of benzene rings is 3. The Labute approximate surface area is 282 Å². The lowest BCUT2D eigenvalue weighted by molar-refractivity contribution is 0.0173. The first kappa shape index (κ1) is 35.6. The van der Waals surface area contributed by atoms with Crippen LogP contribution >= 0.6 is 23.2 Å². The van der Waals surface area contributed by atoms with E-state index in [2.05, 4.69) is 45.0 Å². The summed E-state index contributed by atoms with van der Waals surface area (Å²) in [6.07, 6.45) is -0.458. The number of carbonyl (C=O) groups excluding carboxylic acids is 2. The molecular formula is C35H43Cl2NO7Si. The van der Waals surface area contributed by atoms with Gasteiger partial charge in [-0.3, -0.25) is 4.90 Å². The van der Waals surface area contributed by atoms with Gasteiger partial charge in [-0.15, -0.1) is 0 Å². The van der Waals surface area contributed by atoms with Crippen molar-refractivity contribution in [3.63, 3.8) is 0 Å². The summed E-state index contributed by atoms with van der Waals surface area (Å²) in [5, 5.41) is 12.7. The number of phenolic OH excluding ortho intramolecular Hbond substituents is 1. The van der Waals surface area contributed by atoms with Gasteiger partial charge in [0.1, 0.15) is 17.8 Å². The number of carbonyl (C=O) groups is 2. The summed E-state index contributed by atoms with van der Waals surface area (Å²) in [5.41, 5.74) is -0.684.